The number of benzene rings is 3. The minimum Gasteiger partial charge on any atom is -0.496 e. The monoisotopic (exact) mass is 412 g/mol. The van der Waals surface area contributed by atoms with Gasteiger partial charge in [0.1, 0.15) is 5.75 Å². The van der Waals surface area contributed by atoms with Gasteiger partial charge in [-0.25, -0.2) is 5.43 Å². The summed E-state index contributed by atoms with van der Waals surface area (Å²) in [7, 11) is 3.06. The molecule has 0 saturated heterocycles. The zero-order valence-corrected chi connectivity index (χ0v) is 17.1. The summed E-state index contributed by atoms with van der Waals surface area (Å²) in [5.74, 6) is 1.05. The molecule has 150 valence electrons. The van der Waals surface area contributed by atoms with Crippen molar-refractivity contribution in [3.8, 4) is 17.2 Å². The summed E-state index contributed by atoms with van der Waals surface area (Å²) in [6, 6.07) is 14.7. The molecule has 0 radical (unpaired) electrons. The van der Waals surface area contributed by atoms with Crippen LogP contribution in [-0.4, -0.2) is 32.9 Å². The third-order valence-electron chi connectivity index (χ3n) is 4.23. The molecule has 0 aliphatic rings. The van der Waals surface area contributed by atoms with Crippen LogP contribution in [0.5, 0.6) is 17.2 Å². The van der Waals surface area contributed by atoms with E-state index in [2.05, 4.69) is 10.5 Å². The molecule has 0 aliphatic carbocycles. The number of amides is 1. The number of nitrogens with zero attached hydrogens (tertiary/aromatic N) is 1. The van der Waals surface area contributed by atoms with E-state index in [9.17, 15) is 4.79 Å². The number of nitrogens with one attached hydrogen (secondary N) is 1. The fourth-order valence-corrected chi connectivity index (χ4v) is 3.16. The van der Waals surface area contributed by atoms with E-state index in [0.29, 0.717) is 40.0 Å². The Kier molecular flexibility index (Phi) is 6.57. The third-order valence-corrected chi connectivity index (χ3v) is 4.51. The number of methoxy groups -OCH3 is 2. The molecule has 0 aromatic heterocycles. The van der Waals surface area contributed by atoms with Crippen molar-refractivity contribution in [1.82, 2.24) is 5.43 Å². The average Bonchev–Trinajstić information content (AvgIpc) is 2.74. The van der Waals surface area contributed by atoms with Gasteiger partial charge in [0, 0.05) is 0 Å². The minimum absolute atomic E-state index is 0.382. The zero-order chi connectivity index (χ0) is 20.8. The summed E-state index contributed by atoms with van der Waals surface area (Å²) in [6.07, 6.45) is 1.48. The van der Waals surface area contributed by atoms with Gasteiger partial charge in [-0.05, 0) is 47.5 Å². The highest BCUT2D eigenvalue weighted by Gasteiger charge is 2.14. The highest BCUT2D eigenvalue weighted by Crippen LogP contribution is 2.36. The second-order valence-corrected chi connectivity index (χ2v) is 6.47. The molecule has 1 amide bonds. The van der Waals surface area contributed by atoms with Crippen molar-refractivity contribution >= 4 is 34.5 Å². The maximum absolute atomic E-state index is 12.6. The highest BCUT2D eigenvalue weighted by molar-refractivity contribution is 6.32. The molecule has 29 heavy (non-hydrogen) atoms. The van der Waals surface area contributed by atoms with Crippen LogP contribution in [0.4, 0.5) is 0 Å². The average molecular weight is 413 g/mol. The summed E-state index contributed by atoms with van der Waals surface area (Å²) in [6.45, 7) is 2.33. The Hall–Kier alpha value is -3.25. The van der Waals surface area contributed by atoms with Crippen LogP contribution < -0.4 is 19.6 Å². The molecule has 6 nitrogen and oxygen atoms in total. The number of halogens is 1. The van der Waals surface area contributed by atoms with Gasteiger partial charge in [-0.1, -0.05) is 35.9 Å². The summed E-state index contributed by atoms with van der Waals surface area (Å²) in [5.41, 5.74) is 3.57. The molecule has 3 aromatic carbocycles. The van der Waals surface area contributed by atoms with Crippen LogP contribution in [0.3, 0.4) is 0 Å². The lowest BCUT2D eigenvalue weighted by atomic mass is 10.1. The molecule has 0 spiro atoms. The van der Waals surface area contributed by atoms with Gasteiger partial charge < -0.3 is 14.2 Å². The lowest BCUT2D eigenvalue weighted by Gasteiger charge is -2.11. The SMILES string of the molecule is CCOc1c(Cl)cc(/C=N\NC(=O)c2cc3ccccc3cc2OC)cc1OC. The van der Waals surface area contributed by atoms with Crippen molar-refractivity contribution in [1.29, 1.82) is 0 Å². The second-order valence-electron chi connectivity index (χ2n) is 6.07. The van der Waals surface area contributed by atoms with Gasteiger partial charge in [0.15, 0.2) is 11.5 Å². The van der Waals surface area contributed by atoms with Crippen LogP contribution in [0, 0.1) is 0 Å². The topological polar surface area (TPSA) is 69.2 Å². The standard InChI is InChI=1S/C22H21ClN2O4/c1-4-29-21-18(23)9-14(10-20(21)28-3)13-24-25-22(26)17-11-15-7-5-6-8-16(15)12-19(17)27-2/h5-13H,4H2,1-3H3,(H,25,26)/b24-13-. The Balaban J connectivity index is 1.81. The van der Waals surface area contributed by atoms with Gasteiger partial charge in [0.25, 0.3) is 5.91 Å². The van der Waals surface area contributed by atoms with Crippen molar-refractivity contribution < 1.29 is 19.0 Å². The molecular weight excluding hydrogens is 392 g/mol. The van der Waals surface area contributed by atoms with Crippen LogP contribution >= 0.6 is 11.6 Å². The highest BCUT2D eigenvalue weighted by atomic mass is 35.5. The molecule has 3 rings (SSSR count). The van der Waals surface area contributed by atoms with Crippen LogP contribution in [0.1, 0.15) is 22.8 Å². The van der Waals surface area contributed by atoms with E-state index in [-0.39, 0.29) is 5.91 Å². The Morgan fingerprint density at radius 2 is 1.76 bits per heavy atom. The van der Waals surface area contributed by atoms with E-state index in [1.165, 1.54) is 20.4 Å². The number of hydrazone groups is 1. The molecular formula is C22H21ClN2O4. The first-order valence-corrected chi connectivity index (χ1v) is 9.35. The third kappa shape index (κ3) is 4.60. The normalized spacial score (nSPS) is 10.9. The molecule has 0 bridgehead atoms. The quantitative estimate of drug-likeness (QED) is 0.452. The molecule has 0 unspecified atom stereocenters. The fourth-order valence-electron chi connectivity index (χ4n) is 2.89. The molecule has 1 N–H and O–H groups in total. The number of fused-ring (bicyclic) bond motifs is 1. The lowest BCUT2D eigenvalue weighted by Crippen LogP contribution is -2.18. The number of rotatable bonds is 7. The molecule has 0 atom stereocenters. The first-order chi connectivity index (χ1) is 14.1. The smallest absolute Gasteiger partial charge is 0.275 e. The summed E-state index contributed by atoms with van der Waals surface area (Å²) in [5, 5.41) is 6.35. The predicted molar refractivity (Wildman–Crippen MR) is 115 cm³/mol. The number of carbonyl (C=O) groups is 1. The van der Waals surface area contributed by atoms with Gasteiger partial charge in [-0.3, -0.25) is 4.79 Å². The second kappa shape index (κ2) is 9.30. The van der Waals surface area contributed by atoms with E-state index in [4.69, 9.17) is 25.8 Å². The molecule has 3 aromatic rings. The molecule has 7 heteroatoms. The van der Waals surface area contributed by atoms with Crippen LogP contribution in [0.2, 0.25) is 5.02 Å². The maximum Gasteiger partial charge on any atom is 0.275 e. The minimum atomic E-state index is -0.382. The summed E-state index contributed by atoms with van der Waals surface area (Å²) < 4.78 is 16.2. The molecule has 0 aliphatic heterocycles. The Morgan fingerprint density at radius 3 is 2.41 bits per heavy atom. The molecule has 0 heterocycles. The first kappa shape index (κ1) is 20.5. The Labute approximate surface area is 174 Å². The summed E-state index contributed by atoms with van der Waals surface area (Å²) >= 11 is 6.25. The van der Waals surface area contributed by atoms with E-state index < -0.39 is 0 Å². The van der Waals surface area contributed by atoms with Gasteiger partial charge in [-0.2, -0.15) is 5.10 Å². The Bertz CT molecular complexity index is 1070. The number of carbonyl (C=O) groups excluding carboxylic acids is 1. The van der Waals surface area contributed by atoms with Crippen molar-refractivity contribution in [2.75, 3.05) is 20.8 Å². The fraction of sp³-hybridized carbons (Fsp3) is 0.182. The van der Waals surface area contributed by atoms with E-state index in [0.717, 1.165) is 10.8 Å². The summed E-state index contributed by atoms with van der Waals surface area (Å²) in [4.78, 5) is 12.6. The van der Waals surface area contributed by atoms with Crippen LogP contribution in [0.25, 0.3) is 10.8 Å². The van der Waals surface area contributed by atoms with Gasteiger partial charge in [0.05, 0.1) is 37.6 Å². The maximum atomic E-state index is 12.6. The zero-order valence-electron chi connectivity index (χ0n) is 16.4. The van der Waals surface area contributed by atoms with Gasteiger partial charge in [0.2, 0.25) is 0 Å². The van der Waals surface area contributed by atoms with Crippen LogP contribution in [0.15, 0.2) is 53.6 Å². The van der Waals surface area contributed by atoms with Crippen molar-refractivity contribution in [2.45, 2.75) is 6.92 Å². The van der Waals surface area contributed by atoms with Crippen LogP contribution in [-0.2, 0) is 0 Å². The first-order valence-electron chi connectivity index (χ1n) is 8.97. The van der Waals surface area contributed by atoms with E-state index in [1.54, 1.807) is 18.2 Å². The number of hydrogen-bond donors (Lipinski definition) is 1. The number of hydrogen-bond acceptors (Lipinski definition) is 5. The van der Waals surface area contributed by atoms with Gasteiger partial charge >= 0.3 is 0 Å². The van der Waals surface area contributed by atoms with Crippen molar-refractivity contribution in [3.63, 3.8) is 0 Å². The Morgan fingerprint density at radius 1 is 1.07 bits per heavy atom. The largest absolute Gasteiger partial charge is 0.496 e. The number of ether oxygens (including phenoxy) is 3. The molecule has 0 saturated carbocycles. The molecule has 0 fully saturated rings. The van der Waals surface area contributed by atoms with Crippen molar-refractivity contribution in [3.05, 3.63) is 64.7 Å². The lowest BCUT2D eigenvalue weighted by molar-refractivity contribution is 0.0952. The van der Waals surface area contributed by atoms with Gasteiger partial charge in [-0.15, -0.1) is 0 Å². The van der Waals surface area contributed by atoms with E-state index in [1.807, 2.05) is 37.3 Å². The predicted octanol–water partition coefficient (Wildman–Crippen LogP) is 4.67. The van der Waals surface area contributed by atoms with E-state index >= 15 is 0 Å². The van der Waals surface area contributed by atoms with Crippen molar-refractivity contribution in [2.24, 2.45) is 5.10 Å².